The van der Waals surface area contributed by atoms with E-state index in [1.807, 2.05) is 29.6 Å². The minimum absolute atomic E-state index is 0.147. The summed E-state index contributed by atoms with van der Waals surface area (Å²) in [6, 6.07) is 15.2. The summed E-state index contributed by atoms with van der Waals surface area (Å²) in [5, 5.41) is 14.6. The highest BCUT2D eigenvalue weighted by molar-refractivity contribution is 7.89. The first-order chi connectivity index (χ1) is 15.4. The van der Waals surface area contributed by atoms with Gasteiger partial charge < -0.3 is 5.32 Å². The van der Waals surface area contributed by atoms with E-state index in [1.54, 1.807) is 6.07 Å². The number of anilines is 1. The number of nitriles is 1. The molecule has 0 saturated carbocycles. The van der Waals surface area contributed by atoms with Crippen molar-refractivity contribution in [2.75, 3.05) is 18.4 Å². The number of amides is 1. The summed E-state index contributed by atoms with van der Waals surface area (Å²) in [6.07, 6.45) is 0.841. The Morgan fingerprint density at radius 1 is 1.16 bits per heavy atom. The second-order valence-corrected chi connectivity index (χ2v) is 10.5. The van der Waals surface area contributed by atoms with Gasteiger partial charge in [0.25, 0.3) is 0 Å². The first kappa shape index (κ1) is 22.4. The number of piperidine rings is 1. The highest BCUT2D eigenvalue weighted by Crippen LogP contribution is 2.31. The van der Waals surface area contributed by atoms with E-state index in [1.165, 1.54) is 39.9 Å². The highest BCUT2D eigenvalue weighted by atomic mass is 35.5. The fourth-order valence-electron chi connectivity index (χ4n) is 3.54. The second-order valence-electron chi connectivity index (χ2n) is 7.32. The van der Waals surface area contributed by atoms with Crippen molar-refractivity contribution in [3.05, 3.63) is 64.5 Å². The van der Waals surface area contributed by atoms with Gasteiger partial charge in [-0.15, -0.1) is 11.3 Å². The van der Waals surface area contributed by atoms with Crippen LogP contribution >= 0.6 is 22.9 Å². The number of aromatic nitrogens is 1. The summed E-state index contributed by atoms with van der Waals surface area (Å²) in [7, 11) is -3.66. The van der Waals surface area contributed by atoms with E-state index in [-0.39, 0.29) is 29.8 Å². The predicted octanol–water partition coefficient (Wildman–Crippen LogP) is 4.37. The van der Waals surface area contributed by atoms with Gasteiger partial charge in [0.15, 0.2) is 5.13 Å². The summed E-state index contributed by atoms with van der Waals surface area (Å²) in [4.78, 5) is 17.3. The van der Waals surface area contributed by atoms with Gasteiger partial charge in [-0.2, -0.15) is 9.57 Å². The lowest BCUT2D eigenvalue weighted by molar-refractivity contribution is -0.120. The van der Waals surface area contributed by atoms with E-state index in [0.717, 1.165) is 5.56 Å². The largest absolute Gasteiger partial charge is 0.302 e. The van der Waals surface area contributed by atoms with Gasteiger partial charge >= 0.3 is 0 Å². The zero-order chi connectivity index (χ0) is 22.7. The van der Waals surface area contributed by atoms with Gasteiger partial charge in [-0.25, -0.2) is 13.4 Å². The summed E-state index contributed by atoms with van der Waals surface area (Å²) in [6.45, 7) is 0.506. The number of benzene rings is 2. The third kappa shape index (κ3) is 4.69. The maximum absolute atomic E-state index is 12.8. The molecule has 1 fully saturated rings. The molecule has 0 aliphatic carbocycles. The van der Waals surface area contributed by atoms with Crippen molar-refractivity contribution in [2.24, 2.45) is 5.92 Å². The zero-order valence-corrected chi connectivity index (χ0v) is 19.3. The van der Waals surface area contributed by atoms with Crippen molar-refractivity contribution in [3.63, 3.8) is 0 Å². The molecule has 2 aromatic carbocycles. The molecule has 1 amide bonds. The molecule has 0 unspecified atom stereocenters. The van der Waals surface area contributed by atoms with Crippen LogP contribution in [-0.2, 0) is 14.8 Å². The van der Waals surface area contributed by atoms with Crippen LogP contribution in [0.4, 0.5) is 5.13 Å². The topological polar surface area (TPSA) is 103 Å². The average Bonchev–Trinajstić information content (AvgIpc) is 3.27. The van der Waals surface area contributed by atoms with Crippen LogP contribution in [0.1, 0.15) is 18.4 Å². The average molecular weight is 487 g/mol. The molecule has 1 aliphatic rings. The number of hydrogen-bond acceptors (Lipinski definition) is 6. The molecule has 164 valence electrons. The molecule has 2 heterocycles. The van der Waals surface area contributed by atoms with Gasteiger partial charge in [0.05, 0.1) is 22.2 Å². The molecule has 10 heteroatoms. The Labute approximate surface area is 195 Å². The standard InChI is InChI=1S/C22H19ClN4O3S2/c23-19-4-2-1-3-18(19)20-14-31-22(25-20)26-21(28)16-9-11-27(12-10-16)32(29,30)17-7-5-15(13-24)6-8-17/h1-8,14,16H,9-12H2,(H,25,26,28). The van der Waals surface area contributed by atoms with Crippen LogP contribution in [0.25, 0.3) is 11.3 Å². The molecular formula is C22H19ClN4O3S2. The SMILES string of the molecule is N#Cc1ccc(S(=O)(=O)N2CCC(C(=O)Nc3nc(-c4ccccc4Cl)cs3)CC2)cc1. The molecule has 7 nitrogen and oxygen atoms in total. The van der Waals surface area contributed by atoms with Crippen LogP contribution in [-0.4, -0.2) is 36.7 Å². The van der Waals surface area contributed by atoms with Gasteiger partial charge in [0, 0.05) is 35.0 Å². The van der Waals surface area contributed by atoms with Crippen molar-refractivity contribution in [3.8, 4) is 17.3 Å². The van der Waals surface area contributed by atoms with Gasteiger partial charge in [0.1, 0.15) is 0 Å². The quantitative estimate of drug-likeness (QED) is 0.576. The van der Waals surface area contributed by atoms with Gasteiger partial charge in [-0.3, -0.25) is 4.79 Å². The number of thiazole rings is 1. The Morgan fingerprint density at radius 3 is 2.50 bits per heavy atom. The number of halogens is 1. The number of carbonyl (C=O) groups excluding carboxylic acids is 1. The number of nitrogens with zero attached hydrogens (tertiary/aromatic N) is 3. The first-order valence-corrected chi connectivity index (χ1v) is 12.6. The fraction of sp³-hybridized carbons (Fsp3) is 0.227. The summed E-state index contributed by atoms with van der Waals surface area (Å²) in [5.41, 5.74) is 1.89. The summed E-state index contributed by atoms with van der Waals surface area (Å²) in [5.74, 6) is -0.462. The van der Waals surface area contributed by atoms with Crippen LogP contribution in [0.15, 0.2) is 58.8 Å². The van der Waals surface area contributed by atoms with E-state index in [0.29, 0.717) is 34.3 Å². The molecular weight excluding hydrogens is 468 g/mol. The molecule has 0 atom stereocenters. The van der Waals surface area contributed by atoms with E-state index < -0.39 is 10.0 Å². The van der Waals surface area contributed by atoms with Crippen LogP contribution in [0.3, 0.4) is 0 Å². The Bertz CT molecular complexity index is 1280. The predicted molar refractivity (Wildman–Crippen MR) is 124 cm³/mol. The Balaban J connectivity index is 1.37. The lowest BCUT2D eigenvalue weighted by atomic mass is 9.97. The van der Waals surface area contributed by atoms with Crippen LogP contribution in [0.5, 0.6) is 0 Å². The second kappa shape index (κ2) is 9.38. The number of carbonyl (C=O) groups is 1. The first-order valence-electron chi connectivity index (χ1n) is 9.90. The Morgan fingerprint density at radius 2 is 1.84 bits per heavy atom. The summed E-state index contributed by atoms with van der Waals surface area (Å²) >= 11 is 7.53. The van der Waals surface area contributed by atoms with E-state index in [2.05, 4.69) is 10.3 Å². The third-order valence-electron chi connectivity index (χ3n) is 5.33. The van der Waals surface area contributed by atoms with Crippen molar-refractivity contribution in [1.82, 2.24) is 9.29 Å². The van der Waals surface area contributed by atoms with E-state index in [9.17, 15) is 13.2 Å². The van der Waals surface area contributed by atoms with Crippen molar-refractivity contribution < 1.29 is 13.2 Å². The molecule has 32 heavy (non-hydrogen) atoms. The molecule has 0 spiro atoms. The van der Waals surface area contributed by atoms with Crippen molar-refractivity contribution in [2.45, 2.75) is 17.7 Å². The molecule has 1 aliphatic heterocycles. The number of sulfonamides is 1. The smallest absolute Gasteiger partial charge is 0.243 e. The molecule has 1 aromatic heterocycles. The van der Waals surface area contributed by atoms with Crippen LogP contribution in [0, 0.1) is 17.2 Å². The molecule has 4 rings (SSSR count). The maximum atomic E-state index is 12.8. The maximum Gasteiger partial charge on any atom is 0.243 e. The zero-order valence-electron chi connectivity index (χ0n) is 16.9. The summed E-state index contributed by atoms with van der Waals surface area (Å²) < 4.78 is 27.1. The molecule has 1 saturated heterocycles. The number of rotatable bonds is 5. The monoisotopic (exact) mass is 486 g/mol. The van der Waals surface area contributed by atoms with Gasteiger partial charge in [-0.1, -0.05) is 29.8 Å². The fourth-order valence-corrected chi connectivity index (χ4v) is 5.96. The van der Waals surface area contributed by atoms with E-state index in [4.69, 9.17) is 16.9 Å². The minimum atomic E-state index is -3.66. The van der Waals surface area contributed by atoms with E-state index >= 15 is 0 Å². The third-order valence-corrected chi connectivity index (χ3v) is 8.33. The number of hydrogen-bond donors (Lipinski definition) is 1. The molecule has 3 aromatic rings. The van der Waals surface area contributed by atoms with Gasteiger partial charge in [0.2, 0.25) is 15.9 Å². The molecule has 0 bridgehead atoms. The Hall–Kier alpha value is -2.77. The van der Waals surface area contributed by atoms with Gasteiger partial charge in [-0.05, 0) is 43.2 Å². The Kier molecular flexibility index (Phi) is 6.58. The lowest BCUT2D eigenvalue weighted by Crippen LogP contribution is -2.41. The number of nitrogens with one attached hydrogen (secondary N) is 1. The van der Waals surface area contributed by atoms with Crippen molar-refractivity contribution >= 4 is 44.0 Å². The molecule has 1 N–H and O–H groups in total. The van der Waals surface area contributed by atoms with Crippen LogP contribution < -0.4 is 5.32 Å². The highest BCUT2D eigenvalue weighted by Gasteiger charge is 2.32. The minimum Gasteiger partial charge on any atom is -0.302 e. The van der Waals surface area contributed by atoms with Crippen LogP contribution in [0.2, 0.25) is 5.02 Å². The normalized spacial score (nSPS) is 15.2. The molecule has 0 radical (unpaired) electrons. The van der Waals surface area contributed by atoms with Crippen molar-refractivity contribution in [1.29, 1.82) is 5.26 Å². The lowest BCUT2D eigenvalue weighted by Gasteiger charge is -2.30.